The van der Waals surface area contributed by atoms with Crippen molar-refractivity contribution < 1.29 is 4.74 Å². The first-order valence-electron chi connectivity index (χ1n) is 5.64. The highest BCUT2D eigenvalue weighted by molar-refractivity contribution is 5.17. The second-order valence-corrected chi connectivity index (χ2v) is 3.84. The lowest BCUT2D eigenvalue weighted by molar-refractivity contribution is -0.0347. The SMILES string of the molecule is CCOC(CC)(CN)Cc1ccccc1. The van der Waals surface area contributed by atoms with Crippen molar-refractivity contribution in [3.05, 3.63) is 35.9 Å². The lowest BCUT2D eigenvalue weighted by Crippen LogP contribution is -2.42. The van der Waals surface area contributed by atoms with Gasteiger partial charge in [0.1, 0.15) is 0 Å². The van der Waals surface area contributed by atoms with E-state index in [0.29, 0.717) is 6.54 Å². The quantitative estimate of drug-likeness (QED) is 0.777. The highest BCUT2D eigenvalue weighted by Crippen LogP contribution is 2.20. The Morgan fingerprint density at radius 3 is 2.33 bits per heavy atom. The number of benzene rings is 1. The van der Waals surface area contributed by atoms with E-state index in [4.69, 9.17) is 10.5 Å². The van der Waals surface area contributed by atoms with Crippen LogP contribution in [-0.4, -0.2) is 18.8 Å². The van der Waals surface area contributed by atoms with E-state index in [0.717, 1.165) is 19.4 Å². The molecule has 0 saturated carbocycles. The van der Waals surface area contributed by atoms with Gasteiger partial charge in [-0.1, -0.05) is 37.3 Å². The van der Waals surface area contributed by atoms with Crippen molar-refractivity contribution in [1.29, 1.82) is 0 Å². The van der Waals surface area contributed by atoms with Gasteiger partial charge in [0.25, 0.3) is 0 Å². The number of rotatable bonds is 6. The van der Waals surface area contributed by atoms with Crippen LogP contribution in [0, 0.1) is 0 Å². The Balaban J connectivity index is 2.74. The van der Waals surface area contributed by atoms with Crippen molar-refractivity contribution in [1.82, 2.24) is 0 Å². The maximum Gasteiger partial charge on any atom is 0.0841 e. The molecule has 2 nitrogen and oxygen atoms in total. The van der Waals surface area contributed by atoms with Gasteiger partial charge >= 0.3 is 0 Å². The van der Waals surface area contributed by atoms with Gasteiger partial charge in [0, 0.05) is 19.6 Å². The van der Waals surface area contributed by atoms with E-state index in [9.17, 15) is 0 Å². The number of hydrogen-bond acceptors (Lipinski definition) is 2. The Kier molecular flexibility index (Phi) is 4.79. The van der Waals surface area contributed by atoms with Gasteiger partial charge in [-0.05, 0) is 18.9 Å². The normalized spacial score (nSPS) is 14.9. The summed E-state index contributed by atoms with van der Waals surface area (Å²) in [6.45, 7) is 5.45. The van der Waals surface area contributed by atoms with Gasteiger partial charge in [-0.3, -0.25) is 0 Å². The smallest absolute Gasteiger partial charge is 0.0841 e. The van der Waals surface area contributed by atoms with E-state index < -0.39 is 0 Å². The van der Waals surface area contributed by atoms with Crippen molar-refractivity contribution in [3.63, 3.8) is 0 Å². The average Bonchev–Trinajstić information content (AvgIpc) is 2.30. The molecule has 0 radical (unpaired) electrons. The molecular formula is C13H21NO. The second-order valence-electron chi connectivity index (χ2n) is 3.84. The molecule has 2 heteroatoms. The Morgan fingerprint density at radius 1 is 1.20 bits per heavy atom. The molecule has 84 valence electrons. The molecule has 2 N–H and O–H groups in total. The largest absolute Gasteiger partial charge is 0.374 e. The maximum absolute atomic E-state index is 5.83. The first-order chi connectivity index (χ1) is 7.26. The van der Waals surface area contributed by atoms with Crippen LogP contribution in [0.3, 0.4) is 0 Å². The Labute approximate surface area is 92.4 Å². The van der Waals surface area contributed by atoms with Gasteiger partial charge in [-0.15, -0.1) is 0 Å². The fraction of sp³-hybridized carbons (Fsp3) is 0.538. The van der Waals surface area contributed by atoms with E-state index in [1.807, 2.05) is 13.0 Å². The third-order valence-electron chi connectivity index (χ3n) is 2.84. The van der Waals surface area contributed by atoms with E-state index in [2.05, 4.69) is 31.2 Å². The lowest BCUT2D eigenvalue weighted by atomic mass is 9.91. The summed E-state index contributed by atoms with van der Waals surface area (Å²) in [4.78, 5) is 0. The molecule has 0 aromatic heterocycles. The van der Waals surface area contributed by atoms with E-state index in [1.165, 1.54) is 5.56 Å². The van der Waals surface area contributed by atoms with Gasteiger partial charge < -0.3 is 10.5 Å². The summed E-state index contributed by atoms with van der Waals surface area (Å²) in [6.07, 6.45) is 1.85. The number of hydrogen-bond donors (Lipinski definition) is 1. The summed E-state index contributed by atoms with van der Waals surface area (Å²) in [7, 11) is 0. The van der Waals surface area contributed by atoms with Crippen molar-refractivity contribution >= 4 is 0 Å². The molecule has 1 aromatic rings. The molecule has 0 spiro atoms. The first kappa shape index (κ1) is 12.2. The molecule has 0 bridgehead atoms. The molecule has 0 saturated heterocycles. The fourth-order valence-corrected chi connectivity index (χ4v) is 1.83. The standard InChI is InChI=1S/C13H21NO/c1-3-13(11-14,15-4-2)10-12-8-6-5-7-9-12/h5-9H,3-4,10-11,14H2,1-2H3. The highest BCUT2D eigenvalue weighted by atomic mass is 16.5. The summed E-state index contributed by atoms with van der Waals surface area (Å²) in [5.41, 5.74) is 6.93. The van der Waals surface area contributed by atoms with E-state index >= 15 is 0 Å². The predicted molar refractivity (Wildman–Crippen MR) is 63.8 cm³/mol. The van der Waals surface area contributed by atoms with Crippen LogP contribution >= 0.6 is 0 Å². The first-order valence-corrected chi connectivity index (χ1v) is 5.64. The maximum atomic E-state index is 5.83. The van der Waals surface area contributed by atoms with Crippen molar-refractivity contribution in [2.24, 2.45) is 5.73 Å². The Morgan fingerprint density at radius 2 is 1.87 bits per heavy atom. The van der Waals surface area contributed by atoms with Gasteiger partial charge in [0.2, 0.25) is 0 Å². The third-order valence-corrected chi connectivity index (χ3v) is 2.84. The van der Waals surface area contributed by atoms with Crippen molar-refractivity contribution in [2.45, 2.75) is 32.3 Å². The second kappa shape index (κ2) is 5.89. The molecule has 1 unspecified atom stereocenters. The summed E-state index contributed by atoms with van der Waals surface area (Å²) < 4.78 is 5.81. The van der Waals surface area contributed by atoms with Gasteiger partial charge in [-0.2, -0.15) is 0 Å². The molecule has 1 atom stereocenters. The van der Waals surface area contributed by atoms with Gasteiger partial charge in [0.05, 0.1) is 5.60 Å². The summed E-state index contributed by atoms with van der Waals surface area (Å²) in [6, 6.07) is 10.4. The van der Waals surface area contributed by atoms with Crippen LogP contribution in [0.5, 0.6) is 0 Å². The van der Waals surface area contributed by atoms with Crippen LogP contribution in [0.15, 0.2) is 30.3 Å². The molecular weight excluding hydrogens is 186 g/mol. The average molecular weight is 207 g/mol. The summed E-state index contributed by atoms with van der Waals surface area (Å²) in [5, 5.41) is 0. The van der Waals surface area contributed by atoms with Crippen LogP contribution in [0.4, 0.5) is 0 Å². The molecule has 0 heterocycles. The van der Waals surface area contributed by atoms with Gasteiger partial charge in [0.15, 0.2) is 0 Å². The zero-order valence-electron chi connectivity index (χ0n) is 9.70. The number of nitrogens with two attached hydrogens (primary N) is 1. The predicted octanol–water partition coefficient (Wildman–Crippen LogP) is 2.37. The highest BCUT2D eigenvalue weighted by Gasteiger charge is 2.26. The summed E-state index contributed by atoms with van der Waals surface area (Å²) in [5.74, 6) is 0. The topological polar surface area (TPSA) is 35.2 Å². The molecule has 0 amide bonds. The molecule has 0 fully saturated rings. The number of ether oxygens (including phenoxy) is 1. The molecule has 0 aliphatic carbocycles. The molecule has 0 aliphatic rings. The molecule has 15 heavy (non-hydrogen) atoms. The Bertz CT molecular complexity index is 267. The molecule has 1 rings (SSSR count). The Hall–Kier alpha value is -0.860. The van der Waals surface area contributed by atoms with Crippen LogP contribution in [0.1, 0.15) is 25.8 Å². The molecule has 1 aromatic carbocycles. The van der Waals surface area contributed by atoms with E-state index in [-0.39, 0.29) is 5.60 Å². The zero-order valence-corrected chi connectivity index (χ0v) is 9.70. The zero-order chi connectivity index (χ0) is 11.1. The fourth-order valence-electron chi connectivity index (χ4n) is 1.83. The van der Waals surface area contributed by atoms with Crippen LogP contribution < -0.4 is 5.73 Å². The van der Waals surface area contributed by atoms with Crippen molar-refractivity contribution in [2.75, 3.05) is 13.2 Å². The lowest BCUT2D eigenvalue weighted by Gasteiger charge is -2.31. The van der Waals surface area contributed by atoms with Crippen LogP contribution in [0.25, 0.3) is 0 Å². The minimum Gasteiger partial charge on any atom is -0.374 e. The monoisotopic (exact) mass is 207 g/mol. The van der Waals surface area contributed by atoms with E-state index in [1.54, 1.807) is 0 Å². The third kappa shape index (κ3) is 3.33. The van der Waals surface area contributed by atoms with Crippen LogP contribution in [-0.2, 0) is 11.2 Å². The van der Waals surface area contributed by atoms with Crippen molar-refractivity contribution in [3.8, 4) is 0 Å². The van der Waals surface area contributed by atoms with Gasteiger partial charge in [-0.25, -0.2) is 0 Å². The minimum atomic E-state index is -0.184. The molecule has 0 aliphatic heterocycles. The summed E-state index contributed by atoms with van der Waals surface area (Å²) >= 11 is 0. The minimum absolute atomic E-state index is 0.184. The van der Waals surface area contributed by atoms with Crippen LogP contribution in [0.2, 0.25) is 0 Å².